The van der Waals surface area contributed by atoms with Crippen molar-refractivity contribution >= 4 is 5.97 Å². The molecule has 1 N–H and O–H groups in total. The van der Waals surface area contributed by atoms with E-state index in [9.17, 15) is 9.18 Å². The lowest BCUT2D eigenvalue weighted by atomic mass is 10.0. The van der Waals surface area contributed by atoms with Crippen LogP contribution in [0.4, 0.5) is 4.39 Å². The van der Waals surface area contributed by atoms with Crippen molar-refractivity contribution < 1.29 is 14.3 Å². The molecule has 0 saturated carbocycles. The molecule has 3 nitrogen and oxygen atoms in total. The topological polar surface area (TPSA) is 50.2 Å². The molecule has 4 heteroatoms. The molecular formula is C12H8FNO2. The number of hydrogen-bond acceptors (Lipinski definition) is 2. The van der Waals surface area contributed by atoms with Crippen LogP contribution in [-0.4, -0.2) is 16.1 Å². The summed E-state index contributed by atoms with van der Waals surface area (Å²) in [6.07, 6.45) is 2.72. The van der Waals surface area contributed by atoms with Crippen molar-refractivity contribution in [2.45, 2.75) is 0 Å². The van der Waals surface area contributed by atoms with Crippen LogP contribution in [0, 0.1) is 5.82 Å². The Morgan fingerprint density at radius 3 is 2.62 bits per heavy atom. The lowest BCUT2D eigenvalue weighted by Crippen LogP contribution is -2.00. The molecule has 1 heterocycles. The Morgan fingerprint density at radius 2 is 1.94 bits per heavy atom. The summed E-state index contributed by atoms with van der Waals surface area (Å²) in [6, 6.07) is 7.36. The molecule has 0 aliphatic carbocycles. The van der Waals surface area contributed by atoms with E-state index in [2.05, 4.69) is 4.98 Å². The summed E-state index contributed by atoms with van der Waals surface area (Å²) >= 11 is 0. The lowest BCUT2D eigenvalue weighted by molar-refractivity contribution is 0.0697. The summed E-state index contributed by atoms with van der Waals surface area (Å²) in [7, 11) is 0. The van der Waals surface area contributed by atoms with Crippen LogP contribution >= 0.6 is 0 Å². The summed E-state index contributed by atoms with van der Waals surface area (Å²) in [6.45, 7) is 0. The summed E-state index contributed by atoms with van der Waals surface area (Å²) in [5.74, 6) is -1.56. The first-order chi connectivity index (χ1) is 7.70. The average molecular weight is 217 g/mol. The molecule has 0 bridgehead atoms. The zero-order chi connectivity index (χ0) is 11.5. The third kappa shape index (κ3) is 1.77. The van der Waals surface area contributed by atoms with E-state index in [0.29, 0.717) is 0 Å². The van der Waals surface area contributed by atoms with Gasteiger partial charge in [0.1, 0.15) is 5.82 Å². The van der Waals surface area contributed by atoms with E-state index < -0.39 is 11.8 Å². The summed E-state index contributed by atoms with van der Waals surface area (Å²) in [4.78, 5) is 14.8. The summed E-state index contributed by atoms with van der Waals surface area (Å²) in [5, 5.41) is 8.97. The highest BCUT2D eigenvalue weighted by molar-refractivity contribution is 5.95. The quantitative estimate of drug-likeness (QED) is 0.841. The number of carbonyl (C=O) groups is 1. The van der Waals surface area contributed by atoms with Gasteiger partial charge in [0.2, 0.25) is 0 Å². The fraction of sp³-hybridized carbons (Fsp3) is 0. The zero-order valence-corrected chi connectivity index (χ0v) is 8.22. The van der Waals surface area contributed by atoms with Gasteiger partial charge in [0.25, 0.3) is 0 Å². The van der Waals surface area contributed by atoms with Gasteiger partial charge in [0.15, 0.2) is 0 Å². The first-order valence-corrected chi connectivity index (χ1v) is 4.62. The van der Waals surface area contributed by atoms with Crippen LogP contribution in [0.15, 0.2) is 42.7 Å². The number of benzene rings is 1. The summed E-state index contributed by atoms with van der Waals surface area (Å²) in [5.41, 5.74) is 0.571. The zero-order valence-electron chi connectivity index (χ0n) is 8.22. The minimum absolute atomic E-state index is 0.0418. The number of aromatic carboxylic acids is 1. The van der Waals surface area contributed by atoms with Crippen molar-refractivity contribution in [3.8, 4) is 11.1 Å². The second-order valence-electron chi connectivity index (χ2n) is 3.21. The first-order valence-electron chi connectivity index (χ1n) is 4.62. The number of rotatable bonds is 2. The molecular weight excluding hydrogens is 209 g/mol. The standard InChI is InChI=1S/C12H8FNO2/c13-11-4-2-1-3-8(11)10-7-14-6-5-9(10)12(15)16/h1-7H,(H,15,16). The average Bonchev–Trinajstić information content (AvgIpc) is 2.29. The Hall–Kier alpha value is -2.23. The van der Waals surface area contributed by atoms with Gasteiger partial charge in [-0.15, -0.1) is 0 Å². The number of carboxylic acids is 1. The fourth-order valence-electron chi connectivity index (χ4n) is 1.48. The highest BCUT2D eigenvalue weighted by Gasteiger charge is 2.13. The SMILES string of the molecule is O=C(O)c1ccncc1-c1ccccc1F. The van der Waals surface area contributed by atoms with E-state index in [4.69, 9.17) is 5.11 Å². The molecule has 2 aromatic rings. The minimum atomic E-state index is -1.10. The van der Waals surface area contributed by atoms with Crippen LogP contribution in [0.3, 0.4) is 0 Å². The normalized spacial score (nSPS) is 10.1. The van der Waals surface area contributed by atoms with Crippen LogP contribution in [0.25, 0.3) is 11.1 Å². The smallest absolute Gasteiger partial charge is 0.336 e. The first kappa shape index (κ1) is 10.3. The maximum atomic E-state index is 13.5. The molecule has 0 atom stereocenters. The fourth-order valence-corrected chi connectivity index (χ4v) is 1.48. The molecule has 0 amide bonds. The van der Waals surface area contributed by atoms with Crippen molar-refractivity contribution in [3.05, 3.63) is 54.1 Å². The van der Waals surface area contributed by atoms with Gasteiger partial charge in [-0.2, -0.15) is 0 Å². The third-order valence-electron chi connectivity index (χ3n) is 2.22. The van der Waals surface area contributed by atoms with E-state index in [1.54, 1.807) is 12.1 Å². The monoisotopic (exact) mass is 217 g/mol. The molecule has 16 heavy (non-hydrogen) atoms. The molecule has 2 rings (SSSR count). The van der Waals surface area contributed by atoms with Gasteiger partial charge in [-0.05, 0) is 12.1 Å². The van der Waals surface area contributed by atoms with Gasteiger partial charge in [-0.1, -0.05) is 18.2 Å². The Morgan fingerprint density at radius 1 is 1.19 bits per heavy atom. The highest BCUT2D eigenvalue weighted by atomic mass is 19.1. The Balaban J connectivity index is 2.65. The number of nitrogens with zero attached hydrogens (tertiary/aromatic N) is 1. The van der Waals surface area contributed by atoms with Crippen LogP contribution in [0.2, 0.25) is 0 Å². The molecule has 0 aliphatic rings. The molecule has 0 aliphatic heterocycles. The van der Waals surface area contributed by atoms with E-state index in [-0.39, 0.29) is 16.7 Å². The molecule has 1 aromatic carbocycles. The van der Waals surface area contributed by atoms with Crippen molar-refractivity contribution in [2.24, 2.45) is 0 Å². The van der Waals surface area contributed by atoms with E-state index in [1.165, 1.54) is 30.6 Å². The summed E-state index contributed by atoms with van der Waals surface area (Å²) < 4.78 is 13.5. The maximum absolute atomic E-state index is 13.5. The number of pyridine rings is 1. The number of aromatic nitrogens is 1. The largest absolute Gasteiger partial charge is 0.478 e. The van der Waals surface area contributed by atoms with E-state index in [0.717, 1.165) is 0 Å². The molecule has 0 spiro atoms. The van der Waals surface area contributed by atoms with E-state index in [1.807, 2.05) is 0 Å². The molecule has 0 fully saturated rings. The lowest BCUT2D eigenvalue weighted by Gasteiger charge is -2.05. The van der Waals surface area contributed by atoms with Gasteiger partial charge in [-0.25, -0.2) is 9.18 Å². The highest BCUT2D eigenvalue weighted by Crippen LogP contribution is 2.25. The molecule has 0 unspecified atom stereocenters. The van der Waals surface area contributed by atoms with Gasteiger partial charge in [0, 0.05) is 23.5 Å². The molecule has 0 radical (unpaired) electrons. The predicted molar refractivity (Wildman–Crippen MR) is 56.6 cm³/mol. The van der Waals surface area contributed by atoms with Gasteiger partial charge in [-0.3, -0.25) is 4.98 Å². The van der Waals surface area contributed by atoms with E-state index >= 15 is 0 Å². The maximum Gasteiger partial charge on any atom is 0.336 e. The molecule has 1 aromatic heterocycles. The predicted octanol–water partition coefficient (Wildman–Crippen LogP) is 2.59. The Labute approximate surface area is 91.2 Å². The number of halogens is 1. The van der Waals surface area contributed by atoms with Crippen molar-refractivity contribution in [1.29, 1.82) is 0 Å². The van der Waals surface area contributed by atoms with Gasteiger partial charge < -0.3 is 5.11 Å². The van der Waals surface area contributed by atoms with Crippen LogP contribution < -0.4 is 0 Å². The number of carboxylic acid groups (broad SMARTS) is 1. The molecule has 80 valence electrons. The van der Waals surface area contributed by atoms with Crippen LogP contribution in [0.5, 0.6) is 0 Å². The van der Waals surface area contributed by atoms with Crippen molar-refractivity contribution in [1.82, 2.24) is 4.98 Å². The van der Waals surface area contributed by atoms with Gasteiger partial charge in [0.05, 0.1) is 5.56 Å². The van der Waals surface area contributed by atoms with Crippen LogP contribution in [0.1, 0.15) is 10.4 Å². The number of hydrogen-bond donors (Lipinski definition) is 1. The second kappa shape index (κ2) is 4.10. The Bertz CT molecular complexity index is 540. The van der Waals surface area contributed by atoms with Crippen LogP contribution in [-0.2, 0) is 0 Å². The van der Waals surface area contributed by atoms with Gasteiger partial charge >= 0.3 is 5.97 Å². The Kier molecular flexibility index (Phi) is 2.64. The van der Waals surface area contributed by atoms with Crippen molar-refractivity contribution in [3.63, 3.8) is 0 Å². The molecule has 0 saturated heterocycles. The third-order valence-corrected chi connectivity index (χ3v) is 2.22. The van der Waals surface area contributed by atoms with Crippen molar-refractivity contribution in [2.75, 3.05) is 0 Å². The minimum Gasteiger partial charge on any atom is -0.478 e. The second-order valence-corrected chi connectivity index (χ2v) is 3.21.